The van der Waals surface area contributed by atoms with Gasteiger partial charge in [-0.05, 0) is 351 Å². The molecule has 0 radical (unpaired) electrons. The van der Waals surface area contributed by atoms with Crippen LogP contribution in [0.15, 0.2) is 376 Å². The van der Waals surface area contributed by atoms with Crippen molar-refractivity contribution in [3.05, 3.63) is 493 Å². The van der Waals surface area contributed by atoms with Gasteiger partial charge in [-0.3, -0.25) is 0 Å². The fourth-order valence-corrected chi connectivity index (χ4v) is 22.2. The molecule has 644 valence electrons. The van der Waals surface area contributed by atoms with Crippen molar-refractivity contribution in [2.45, 2.75) is 152 Å². The molecule has 25 rings (SSSR count). The maximum absolute atomic E-state index is 2.42. The zero-order chi connectivity index (χ0) is 89.6. The first-order valence-corrected chi connectivity index (χ1v) is 48.5. The average Bonchev–Trinajstić information content (AvgIpc) is 1.51. The van der Waals surface area contributed by atoms with Gasteiger partial charge in [0.2, 0.25) is 0 Å². The van der Waals surface area contributed by atoms with Gasteiger partial charge >= 0.3 is 0 Å². The van der Waals surface area contributed by atoms with Gasteiger partial charge in [0.1, 0.15) is 0 Å². The van der Waals surface area contributed by atoms with E-state index in [2.05, 4.69) is 445 Å². The Kier molecular flexibility index (Phi) is 25.8. The van der Waals surface area contributed by atoms with Crippen LogP contribution in [0.4, 0.5) is 0 Å². The lowest BCUT2D eigenvalue weighted by Gasteiger charge is -2.27. The van der Waals surface area contributed by atoms with E-state index in [0.717, 1.165) is 18.8 Å². The van der Waals surface area contributed by atoms with Crippen molar-refractivity contribution in [3.63, 3.8) is 0 Å². The van der Waals surface area contributed by atoms with Crippen LogP contribution in [-0.4, -0.2) is 0 Å². The number of thiophene rings is 1. The predicted molar refractivity (Wildman–Crippen MR) is 569 cm³/mol. The molecule has 0 aliphatic heterocycles. The Morgan fingerprint density at radius 1 is 0.244 bits per heavy atom. The Hall–Kier alpha value is -13.6. The lowest BCUT2D eigenvalue weighted by atomic mass is 9.77. The van der Waals surface area contributed by atoms with E-state index in [0.29, 0.717) is 5.92 Å². The maximum Gasteiger partial charge on any atom is 0.0355 e. The van der Waals surface area contributed by atoms with Crippen LogP contribution in [0.25, 0.3) is 124 Å². The van der Waals surface area contributed by atoms with Crippen molar-refractivity contribution in [1.82, 2.24) is 0 Å². The summed E-state index contributed by atoms with van der Waals surface area (Å²) in [7, 11) is 0. The second-order valence-electron chi connectivity index (χ2n) is 37.7. The molecule has 0 bridgehead atoms. The molecule has 5 aliphatic rings. The van der Waals surface area contributed by atoms with Crippen LogP contribution in [0.3, 0.4) is 0 Å². The zero-order valence-corrected chi connectivity index (χ0v) is 78.7. The van der Waals surface area contributed by atoms with Gasteiger partial charge in [-0.25, -0.2) is 0 Å². The third-order valence-electron chi connectivity index (χ3n) is 27.9. The number of hydrogen-bond acceptors (Lipinski definition) is 1. The summed E-state index contributed by atoms with van der Waals surface area (Å²) in [5.74, 6) is 1.31. The monoisotopic (exact) mass is 1710 g/mol. The van der Waals surface area contributed by atoms with Gasteiger partial charge in [-0.15, -0.1) is 11.3 Å². The van der Waals surface area contributed by atoms with Crippen LogP contribution in [0, 0.1) is 68.2 Å². The molecule has 0 N–H and O–H groups in total. The molecule has 1 heterocycles. The molecule has 2 unspecified atom stereocenters. The molecule has 131 heavy (non-hydrogen) atoms. The first-order valence-electron chi connectivity index (χ1n) is 47.7. The van der Waals surface area contributed by atoms with Gasteiger partial charge in [0.05, 0.1) is 0 Å². The Balaban J connectivity index is 0.000000101. The van der Waals surface area contributed by atoms with Gasteiger partial charge < -0.3 is 0 Å². The molecule has 0 fully saturated rings. The normalized spacial score (nSPS) is 14.2. The van der Waals surface area contributed by atoms with Crippen molar-refractivity contribution >= 4 is 90.9 Å². The molecule has 19 aromatic carbocycles. The predicted octanol–water partition coefficient (Wildman–Crippen LogP) is 35.7. The minimum atomic E-state index is 0.505. The molecule has 20 aromatic rings. The smallest absolute Gasteiger partial charge is 0.0355 e. The first-order chi connectivity index (χ1) is 64.0. The molecule has 1 heteroatoms. The largest absolute Gasteiger partial charge is 0.135 e. The lowest BCUT2D eigenvalue weighted by molar-refractivity contribution is 0.503. The number of rotatable bonds is 5. The number of hydrogen-bond donors (Lipinski definition) is 0. The number of allylic oxidation sites excluding steroid dienone is 1. The Bertz CT molecular complexity index is 7650. The fourth-order valence-electron chi connectivity index (χ4n) is 21.1. The molecule has 5 aliphatic carbocycles. The molecule has 2 atom stereocenters. The first kappa shape index (κ1) is 86.8. The second-order valence-corrected chi connectivity index (χ2v) is 38.8. The number of aryl methyl sites for hydroxylation is 13. The van der Waals surface area contributed by atoms with Crippen molar-refractivity contribution < 1.29 is 0 Å². The number of fused-ring (bicyclic) bond motifs is 17. The highest BCUT2D eigenvalue weighted by atomic mass is 32.1. The summed E-state index contributed by atoms with van der Waals surface area (Å²) in [6.45, 7) is 21.9. The topological polar surface area (TPSA) is 0 Å². The van der Waals surface area contributed by atoms with Crippen LogP contribution in [-0.2, 0) is 44.9 Å². The van der Waals surface area contributed by atoms with E-state index in [1.807, 2.05) is 11.3 Å². The summed E-state index contributed by atoms with van der Waals surface area (Å²) >= 11 is 1.87. The molecular weight excluding hydrogens is 1590 g/mol. The van der Waals surface area contributed by atoms with E-state index in [9.17, 15) is 0 Å². The SMILES string of the molecule is Cc1cc(-c2ccc(C)c3ccccc23)c2ccc3c(c2c1)CCC(C)C3.Cc1ccc2c(C3CCCc4cc(-c5ccccc5)ccc43)cccc2c1.Cc1ccc2c(c1)-c1ccccc1C2.Cc1ccc2c(c1)C(c1ccccc1)=CC2.Cc1ccc2c3c(ccc2c1)CCCC3.Cc1ccc2sc3ccccc3c2c1.Cc1cccc(-c2ccc3cc(C)ccc3c2)c1. The molecule has 0 saturated carbocycles. The summed E-state index contributed by atoms with van der Waals surface area (Å²) in [4.78, 5) is 0. The van der Waals surface area contributed by atoms with Gasteiger partial charge in [-0.1, -0.05) is 398 Å². The van der Waals surface area contributed by atoms with Crippen LogP contribution in [0.1, 0.15) is 162 Å². The summed E-state index contributed by atoms with van der Waals surface area (Å²) in [5, 5.41) is 16.7. The highest BCUT2D eigenvalue weighted by Crippen LogP contribution is 2.45. The molecule has 0 saturated heterocycles. The Morgan fingerprint density at radius 3 is 1.59 bits per heavy atom. The zero-order valence-electron chi connectivity index (χ0n) is 77.8. The van der Waals surface area contributed by atoms with Crippen molar-refractivity contribution in [2.75, 3.05) is 0 Å². The lowest BCUT2D eigenvalue weighted by Crippen LogP contribution is -2.11. The Labute approximate surface area is 780 Å². The van der Waals surface area contributed by atoms with Crippen LogP contribution in [0.2, 0.25) is 0 Å². The average molecular weight is 1710 g/mol. The van der Waals surface area contributed by atoms with Crippen LogP contribution >= 0.6 is 11.3 Å². The van der Waals surface area contributed by atoms with Gasteiger partial charge in [0.15, 0.2) is 0 Å². The van der Waals surface area contributed by atoms with Crippen molar-refractivity contribution in [3.8, 4) is 44.5 Å². The van der Waals surface area contributed by atoms with Gasteiger partial charge in [-0.2, -0.15) is 0 Å². The standard InChI is InChI=1S/C27H26.C27H24.C18H16.C16H14.C15H16.C14H12.C13H10S/c1-17-8-11-22-20(14-17)10-13-25-26(22)15-18(2)16-27(25)24-12-9-19(3)21-6-4-5-7-23(21)24;1-19-13-15-24-22(17-19)9-5-11-26(24)27-12-6-10-23-18-21(14-16-25(23)27)20-7-3-2-4-8-20;1-13-4-3-5-15(10-13)18-9-8-16-11-14(2)6-7-17(16)12-18;1-12-7-8-14-9-10-15(16(14)11-12)13-5-3-2-4-6-13;1-11-6-9-15-13(10-11)8-7-12-4-2-3-5-14(12)15;1-10-6-7-12-9-11-4-2-3-5-13(11)14(12)8-10;1-9-6-7-13-11(8-9)10-4-2-3-5-12(10)14-13/h4-7,9-10,12-13,15-17H,8,11,14H2,1-3H3;2-5,7-9,11,13-18,27H,6,10,12H2,1H3;3-12H,1-2H3;2-8,10-11H,9H2,1H3;6-10H,2-5H2,1H3;2-8H,9H2,1H3;2-8H,1H3. The number of benzene rings is 19. The summed E-state index contributed by atoms with van der Waals surface area (Å²) in [6.07, 6.45) is 17.2. The molecular formula is C130H118S. The van der Waals surface area contributed by atoms with E-state index in [1.54, 1.807) is 22.3 Å². The van der Waals surface area contributed by atoms with Gasteiger partial charge in [0, 0.05) is 26.1 Å². The van der Waals surface area contributed by atoms with Crippen LogP contribution < -0.4 is 0 Å². The maximum atomic E-state index is 2.42. The van der Waals surface area contributed by atoms with E-state index in [1.165, 1.54) is 283 Å². The molecule has 0 amide bonds. The van der Waals surface area contributed by atoms with E-state index < -0.39 is 0 Å². The molecule has 0 nitrogen and oxygen atoms in total. The van der Waals surface area contributed by atoms with E-state index in [4.69, 9.17) is 0 Å². The van der Waals surface area contributed by atoms with Gasteiger partial charge in [0.25, 0.3) is 0 Å². The summed E-state index contributed by atoms with van der Waals surface area (Å²) in [6, 6.07) is 136. The third-order valence-corrected chi connectivity index (χ3v) is 29.0. The highest BCUT2D eigenvalue weighted by molar-refractivity contribution is 7.25. The van der Waals surface area contributed by atoms with Crippen LogP contribution in [0.5, 0.6) is 0 Å². The molecule has 0 spiro atoms. The van der Waals surface area contributed by atoms with E-state index >= 15 is 0 Å². The minimum Gasteiger partial charge on any atom is -0.135 e. The van der Waals surface area contributed by atoms with Crippen molar-refractivity contribution in [1.29, 1.82) is 0 Å². The third kappa shape index (κ3) is 19.3. The minimum absolute atomic E-state index is 0.505. The molecule has 1 aromatic heterocycles. The highest BCUT2D eigenvalue weighted by Gasteiger charge is 2.26. The summed E-state index contributed by atoms with van der Waals surface area (Å²) < 4.78 is 2.77. The fraction of sp³-hybridized carbons (Fsp3) is 0.185. The summed E-state index contributed by atoms with van der Waals surface area (Å²) in [5.41, 5.74) is 42.2. The van der Waals surface area contributed by atoms with E-state index in [-0.39, 0.29) is 0 Å². The van der Waals surface area contributed by atoms with Crippen molar-refractivity contribution in [2.24, 2.45) is 5.92 Å². The Morgan fingerprint density at radius 2 is 0.779 bits per heavy atom. The second kappa shape index (κ2) is 39.0. The quantitative estimate of drug-likeness (QED) is 0.161.